The van der Waals surface area contributed by atoms with Crippen LogP contribution in [0.15, 0.2) is 61.2 Å². The number of ether oxygens (including phenoxy) is 1. The SMILES string of the molecule is Fc1cccc(C2(Cn3cncn3)OC2c2ccccc2Cl)c1. The number of rotatable bonds is 4. The summed E-state index contributed by atoms with van der Waals surface area (Å²) < 4.78 is 21.4. The van der Waals surface area contributed by atoms with Gasteiger partial charge in [0.2, 0.25) is 0 Å². The second-order valence-electron chi connectivity index (χ2n) is 5.51. The molecule has 3 aromatic rings. The molecule has 116 valence electrons. The predicted molar refractivity (Wildman–Crippen MR) is 83.4 cm³/mol. The Morgan fingerprint density at radius 3 is 2.83 bits per heavy atom. The maximum absolute atomic E-state index is 13.7. The molecule has 4 rings (SSSR count). The van der Waals surface area contributed by atoms with Gasteiger partial charge in [0.15, 0.2) is 0 Å². The van der Waals surface area contributed by atoms with Crippen molar-refractivity contribution < 1.29 is 9.13 Å². The van der Waals surface area contributed by atoms with Crippen molar-refractivity contribution in [2.45, 2.75) is 18.2 Å². The van der Waals surface area contributed by atoms with Crippen molar-refractivity contribution in [3.8, 4) is 0 Å². The Hall–Kier alpha value is -2.24. The molecule has 1 fully saturated rings. The van der Waals surface area contributed by atoms with Crippen LogP contribution in [0.25, 0.3) is 0 Å². The molecule has 2 aromatic carbocycles. The van der Waals surface area contributed by atoms with Crippen LogP contribution >= 0.6 is 11.6 Å². The van der Waals surface area contributed by atoms with E-state index in [-0.39, 0.29) is 11.9 Å². The highest BCUT2D eigenvalue weighted by atomic mass is 35.5. The molecular weight excluding hydrogens is 317 g/mol. The van der Waals surface area contributed by atoms with E-state index in [0.29, 0.717) is 11.6 Å². The first kappa shape index (κ1) is 14.4. The zero-order chi connectivity index (χ0) is 15.9. The van der Waals surface area contributed by atoms with Crippen LogP contribution in [0, 0.1) is 5.82 Å². The molecule has 1 saturated heterocycles. The fourth-order valence-corrected chi connectivity index (χ4v) is 3.15. The molecule has 2 unspecified atom stereocenters. The number of aromatic nitrogens is 3. The minimum atomic E-state index is -0.694. The number of nitrogens with zero attached hydrogens (tertiary/aromatic N) is 3. The lowest BCUT2D eigenvalue weighted by Gasteiger charge is -2.14. The summed E-state index contributed by atoms with van der Waals surface area (Å²) in [6, 6.07) is 14.0. The molecule has 1 aromatic heterocycles. The summed E-state index contributed by atoms with van der Waals surface area (Å²) in [5, 5.41) is 4.77. The van der Waals surface area contributed by atoms with E-state index in [1.54, 1.807) is 17.1 Å². The van der Waals surface area contributed by atoms with Gasteiger partial charge in [-0.3, -0.25) is 0 Å². The van der Waals surface area contributed by atoms with E-state index in [0.717, 1.165) is 11.1 Å². The molecular formula is C17H13ClFN3O. The lowest BCUT2D eigenvalue weighted by molar-refractivity contribution is 0.262. The van der Waals surface area contributed by atoms with Crippen LogP contribution < -0.4 is 0 Å². The fourth-order valence-electron chi connectivity index (χ4n) is 2.92. The third-order valence-electron chi connectivity index (χ3n) is 4.06. The number of hydrogen-bond donors (Lipinski definition) is 0. The van der Waals surface area contributed by atoms with Gasteiger partial charge < -0.3 is 4.74 Å². The van der Waals surface area contributed by atoms with Gasteiger partial charge in [0.05, 0.1) is 6.54 Å². The van der Waals surface area contributed by atoms with E-state index in [4.69, 9.17) is 16.3 Å². The average molecular weight is 330 g/mol. The highest BCUT2D eigenvalue weighted by molar-refractivity contribution is 6.31. The van der Waals surface area contributed by atoms with Gasteiger partial charge in [0, 0.05) is 10.6 Å². The molecule has 4 nitrogen and oxygen atoms in total. The molecule has 0 saturated carbocycles. The molecule has 0 bridgehead atoms. The summed E-state index contributed by atoms with van der Waals surface area (Å²) >= 11 is 6.30. The zero-order valence-electron chi connectivity index (χ0n) is 12.1. The summed E-state index contributed by atoms with van der Waals surface area (Å²) in [5.74, 6) is -0.297. The van der Waals surface area contributed by atoms with E-state index in [9.17, 15) is 4.39 Å². The fraction of sp³-hybridized carbons (Fsp3) is 0.176. The van der Waals surface area contributed by atoms with E-state index in [2.05, 4.69) is 10.1 Å². The van der Waals surface area contributed by atoms with Crippen molar-refractivity contribution in [1.82, 2.24) is 14.8 Å². The Balaban J connectivity index is 1.76. The highest BCUT2D eigenvalue weighted by Crippen LogP contribution is 2.59. The largest absolute Gasteiger partial charge is 0.354 e. The molecule has 0 N–H and O–H groups in total. The van der Waals surface area contributed by atoms with Crippen LogP contribution in [0.3, 0.4) is 0 Å². The van der Waals surface area contributed by atoms with Crippen molar-refractivity contribution in [2.24, 2.45) is 0 Å². The highest BCUT2D eigenvalue weighted by Gasteiger charge is 2.59. The molecule has 2 heterocycles. The smallest absolute Gasteiger partial charge is 0.144 e. The minimum absolute atomic E-state index is 0.248. The van der Waals surface area contributed by atoms with E-state index >= 15 is 0 Å². The van der Waals surface area contributed by atoms with Gasteiger partial charge in [-0.2, -0.15) is 5.10 Å². The van der Waals surface area contributed by atoms with Gasteiger partial charge in [0.25, 0.3) is 0 Å². The topological polar surface area (TPSA) is 43.2 Å². The first-order chi connectivity index (χ1) is 11.2. The molecule has 2 atom stereocenters. The monoisotopic (exact) mass is 329 g/mol. The second-order valence-corrected chi connectivity index (χ2v) is 5.92. The van der Waals surface area contributed by atoms with E-state index in [1.807, 2.05) is 30.3 Å². The van der Waals surface area contributed by atoms with Crippen molar-refractivity contribution in [2.75, 3.05) is 0 Å². The maximum atomic E-state index is 13.7. The Labute approximate surface area is 137 Å². The van der Waals surface area contributed by atoms with Gasteiger partial charge in [-0.1, -0.05) is 41.9 Å². The lowest BCUT2D eigenvalue weighted by atomic mass is 9.91. The predicted octanol–water partition coefficient (Wildman–Crippen LogP) is 3.74. The molecule has 0 aliphatic carbocycles. The standard InChI is InChI=1S/C17H13ClFN3O/c18-15-7-2-1-6-14(15)16-17(23-16,9-22-11-20-10-21-22)12-4-3-5-13(19)8-12/h1-8,10-11,16H,9H2. The average Bonchev–Trinajstić information content (AvgIpc) is 3.02. The van der Waals surface area contributed by atoms with Gasteiger partial charge >= 0.3 is 0 Å². The number of halogens is 2. The van der Waals surface area contributed by atoms with Gasteiger partial charge in [-0.25, -0.2) is 14.1 Å². The number of benzene rings is 2. The first-order valence-corrected chi connectivity index (χ1v) is 7.57. The van der Waals surface area contributed by atoms with E-state index in [1.165, 1.54) is 18.5 Å². The molecule has 6 heteroatoms. The molecule has 0 radical (unpaired) electrons. The Bertz CT molecular complexity index is 839. The maximum Gasteiger partial charge on any atom is 0.144 e. The Morgan fingerprint density at radius 1 is 1.22 bits per heavy atom. The molecule has 0 amide bonds. The van der Waals surface area contributed by atoms with Crippen LogP contribution in [0.4, 0.5) is 4.39 Å². The Kier molecular flexibility index (Phi) is 3.39. The molecule has 1 aliphatic rings. The summed E-state index contributed by atoms with van der Waals surface area (Å²) in [6.45, 7) is 0.437. The summed E-state index contributed by atoms with van der Waals surface area (Å²) in [5.41, 5.74) is 0.956. The summed E-state index contributed by atoms with van der Waals surface area (Å²) in [6.07, 6.45) is 2.83. The minimum Gasteiger partial charge on any atom is -0.354 e. The van der Waals surface area contributed by atoms with Crippen LogP contribution in [0.5, 0.6) is 0 Å². The summed E-state index contributed by atoms with van der Waals surface area (Å²) in [4.78, 5) is 3.96. The first-order valence-electron chi connectivity index (χ1n) is 7.20. The lowest BCUT2D eigenvalue weighted by Crippen LogP contribution is -2.19. The van der Waals surface area contributed by atoms with Crippen molar-refractivity contribution in [3.63, 3.8) is 0 Å². The second kappa shape index (κ2) is 5.44. The normalized spacial score (nSPS) is 23.0. The van der Waals surface area contributed by atoms with E-state index < -0.39 is 5.60 Å². The number of hydrogen-bond acceptors (Lipinski definition) is 3. The van der Waals surface area contributed by atoms with Gasteiger partial charge in [-0.15, -0.1) is 0 Å². The third kappa shape index (κ3) is 2.52. The van der Waals surface area contributed by atoms with Gasteiger partial charge in [-0.05, 0) is 23.8 Å². The number of epoxide rings is 1. The zero-order valence-corrected chi connectivity index (χ0v) is 12.8. The molecule has 0 spiro atoms. The quantitative estimate of drug-likeness (QED) is 0.685. The van der Waals surface area contributed by atoms with Crippen LogP contribution in [0.2, 0.25) is 5.02 Å². The van der Waals surface area contributed by atoms with Crippen LogP contribution in [-0.2, 0) is 16.9 Å². The van der Waals surface area contributed by atoms with Crippen LogP contribution in [-0.4, -0.2) is 14.8 Å². The van der Waals surface area contributed by atoms with Crippen molar-refractivity contribution in [1.29, 1.82) is 0 Å². The molecule has 23 heavy (non-hydrogen) atoms. The third-order valence-corrected chi connectivity index (χ3v) is 4.40. The molecule has 1 aliphatic heterocycles. The van der Waals surface area contributed by atoms with Crippen molar-refractivity contribution >= 4 is 11.6 Å². The van der Waals surface area contributed by atoms with Gasteiger partial charge in [0.1, 0.15) is 30.2 Å². The Morgan fingerprint density at radius 2 is 2.09 bits per heavy atom. The van der Waals surface area contributed by atoms with Crippen molar-refractivity contribution in [3.05, 3.63) is 83.2 Å². The van der Waals surface area contributed by atoms with Crippen LogP contribution in [0.1, 0.15) is 17.2 Å². The summed E-state index contributed by atoms with van der Waals surface area (Å²) in [7, 11) is 0.